The summed E-state index contributed by atoms with van der Waals surface area (Å²) in [5, 5.41) is 34.6. The molecule has 2 aromatic carbocycles. The molecule has 1 saturated heterocycles. The number of nitrogens with zero attached hydrogens (tertiary/aromatic N) is 1. The van der Waals surface area contributed by atoms with E-state index in [4.69, 9.17) is 36.9 Å². The number of rotatable bonds is 10. The summed E-state index contributed by atoms with van der Waals surface area (Å²) in [5.41, 5.74) is -2.99. The van der Waals surface area contributed by atoms with Gasteiger partial charge >= 0.3 is 0 Å². The molecule has 6 unspecified atom stereocenters. The first-order valence-electron chi connectivity index (χ1n) is 14.7. The van der Waals surface area contributed by atoms with E-state index >= 15 is 0 Å². The van der Waals surface area contributed by atoms with Gasteiger partial charge in [-0.25, -0.2) is 0 Å². The molecule has 6 atom stereocenters. The van der Waals surface area contributed by atoms with Crippen LogP contribution in [-0.2, 0) is 35.0 Å². The first-order valence-corrected chi connectivity index (χ1v) is 17.6. The van der Waals surface area contributed by atoms with Gasteiger partial charge in [0.05, 0.1) is 29.6 Å². The number of fused-ring (bicyclic) bond motifs is 3. The summed E-state index contributed by atoms with van der Waals surface area (Å²) in [5.74, 6) is -2.88. The van der Waals surface area contributed by atoms with Crippen LogP contribution in [0.1, 0.15) is 75.8 Å². The molecule has 1 aliphatic heterocycles. The molecule has 0 bridgehead atoms. The molecular formula is C31H35Cl2NO11S. The summed E-state index contributed by atoms with van der Waals surface area (Å²) < 4.78 is 42.2. The number of halogens is 2. The number of carbonyl (C=O) groups is 3. The van der Waals surface area contributed by atoms with E-state index in [-0.39, 0.29) is 46.9 Å². The van der Waals surface area contributed by atoms with Gasteiger partial charge in [0.25, 0.3) is 10.1 Å². The van der Waals surface area contributed by atoms with Gasteiger partial charge < -0.3 is 24.8 Å². The number of phenolic OH excluding ortho intramolecular Hbond substituents is 2. The maximum atomic E-state index is 13.6. The Morgan fingerprint density at radius 1 is 1.07 bits per heavy atom. The van der Waals surface area contributed by atoms with Crippen LogP contribution in [0.4, 0.5) is 0 Å². The molecule has 15 heteroatoms. The normalized spacial score (nSPS) is 27.7. The van der Waals surface area contributed by atoms with Gasteiger partial charge in [0.15, 0.2) is 23.6 Å². The summed E-state index contributed by atoms with van der Waals surface area (Å²) >= 11 is 12.1. The van der Waals surface area contributed by atoms with Crippen molar-refractivity contribution in [1.29, 1.82) is 0 Å². The summed E-state index contributed by atoms with van der Waals surface area (Å²) in [7, 11) is -3.92. The Kier molecular flexibility index (Phi) is 9.90. The van der Waals surface area contributed by atoms with Crippen molar-refractivity contribution in [1.82, 2.24) is 4.90 Å². The molecule has 1 heterocycles. The van der Waals surface area contributed by atoms with E-state index in [2.05, 4.69) is 0 Å². The van der Waals surface area contributed by atoms with E-state index in [1.807, 2.05) is 4.90 Å². The third-order valence-corrected chi connectivity index (χ3v) is 9.80. The minimum atomic E-state index is -3.92. The van der Waals surface area contributed by atoms with Crippen molar-refractivity contribution < 1.29 is 51.8 Å². The summed E-state index contributed by atoms with van der Waals surface area (Å²) in [4.78, 5) is 41.7. The number of hydrogen-bond donors (Lipinski definition) is 3. The van der Waals surface area contributed by atoms with E-state index in [0.717, 1.165) is 6.26 Å². The fourth-order valence-corrected chi connectivity index (χ4v) is 7.84. The van der Waals surface area contributed by atoms with Crippen molar-refractivity contribution in [2.24, 2.45) is 0 Å². The Balaban J connectivity index is 1.59. The van der Waals surface area contributed by atoms with Crippen LogP contribution in [0.5, 0.6) is 11.5 Å². The second-order valence-corrected chi connectivity index (χ2v) is 14.2. The van der Waals surface area contributed by atoms with Crippen LogP contribution in [0, 0.1) is 0 Å². The number of carbonyl (C=O) groups excluding carboxylic acids is 3. The van der Waals surface area contributed by atoms with E-state index in [1.165, 1.54) is 19.1 Å². The number of Topliss-reactive ketones (excluding diaryl/α,β-unsaturated/α-hetero) is 1. The molecule has 5 rings (SSSR count). The van der Waals surface area contributed by atoms with Gasteiger partial charge in [-0.05, 0) is 13.8 Å². The largest absolute Gasteiger partial charge is 0.507 e. The second kappa shape index (κ2) is 13.1. The quantitative estimate of drug-likeness (QED) is 0.160. The van der Waals surface area contributed by atoms with Crippen LogP contribution in [0.25, 0.3) is 0 Å². The molecule has 2 aromatic rings. The smallest absolute Gasteiger partial charge is 0.264 e. The lowest BCUT2D eigenvalue weighted by Crippen LogP contribution is -2.58. The zero-order valence-corrected chi connectivity index (χ0v) is 27.7. The zero-order chi connectivity index (χ0) is 33.7. The minimum Gasteiger partial charge on any atom is -0.507 e. The molecule has 0 aromatic heterocycles. The maximum absolute atomic E-state index is 13.6. The third kappa shape index (κ3) is 6.31. The molecule has 0 radical (unpaired) electrons. The Bertz CT molecular complexity index is 1680. The van der Waals surface area contributed by atoms with E-state index < -0.39 is 92.8 Å². The Hall–Kier alpha value is -2.62. The molecule has 0 amide bonds. The number of ether oxygens (including phenoxy) is 2. The second-order valence-electron chi connectivity index (χ2n) is 11.9. The molecule has 2 aliphatic carbocycles. The van der Waals surface area contributed by atoms with Crippen molar-refractivity contribution in [3.8, 4) is 11.5 Å². The van der Waals surface area contributed by atoms with Crippen molar-refractivity contribution in [3.05, 3.63) is 57.6 Å². The van der Waals surface area contributed by atoms with Gasteiger partial charge in [-0.2, -0.15) is 8.42 Å². The Labute approximate surface area is 276 Å². The van der Waals surface area contributed by atoms with E-state index in [1.54, 1.807) is 19.1 Å². The number of alkyl halides is 2. The van der Waals surface area contributed by atoms with Gasteiger partial charge in [0, 0.05) is 72.4 Å². The van der Waals surface area contributed by atoms with Crippen molar-refractivity contribution in [2.45, 2.75) is 69.4 Å². The highest BCUT2D eigenvalue weighted by Gasteiger charge is 2.50. The lowest BCUT2D eigenvalue weighted by atomic mass is 9.72. The first kappa shape index (κ1) is 34.7. The number of hydrogen-bond acceptors (Lipinski definition) is 12. The van der Waals surface area contributed by atoms with Gasteiger partial charge in [-0.1, -0.05) is 24.3 Å². The molecule has 0 saturated carbocycles. The van der Waals surface area contributed by atoms with Crippen LogP contribution in [-0.4, -0.2) is 107 Å². The number of ketones is 3. The monoisotopic (exact) mass is 699 g/mol. The van der Waals surface area contributed by atoms with Gasteiger partial charge in [-0.3, -0.25) is 23.5 Å². The first-order chi connectivity index (χ1) is 21.6. The average molecular weight is 701 g/mol. The Morgan fingerprint density at radius 3 is 2.15 bits per heavy atom. The lowest BCUT2D eigenvalue weighted by Gasteiger charge is -2.46. The number of benzene rings is 2. The van der Waals surface area contributed by atoms with Crippen molar-refractivity contribution in [2.75, 3.05) is 31.1 Å². The van der Waals surface area contributed by atoms with Gasteiger partial charge in [0.2, 0.25) is 0 Å². The van der Waals surface area contributed by atoms with Crippen LogP contribution in [0.2, 0.25) is 0 Å². The SMILES string of the molecule is CC(=O)C1(O)Cc2c(O)c3c(c(O)c2C(OC2CC(N(CCCl)CCCl)C(OS(C)(=O)=O)C(C)O2)C1)C(=O)c1ccccc1C3=O. The molecular weight excluding hydrogens is 665 g/mol. The van der Waals surface area contributed by atoms with Gasteiger partial charge in [0.1, 0.15) is 23.2 Å². The lowest BCUT2D eigenvalue weighted by molar-refractivity contribution is -0.254. The molecule has 250 valence electrons. The molecule has 3 N–H and O–H groups in total. The fraction of sp³-hybridized carbons (Fsp3) is 0.516. The predicted octanol–water partition coefficient (Wildman–Crippen LogP) is 2.83. The fourth-order valence-electron chi connectivity index (χ4n) is 6.72. The number of aromatic hydroxyl groups is 2. The van der Waals surface area contributed by atoms with Crippen molar-refractivity contribution in [3.63, 3.8) is 0 Å². The van der Waals surface area contributed by atoms with Gasteiger partial charge in [-0.15, -0.1) is 23.2 Å². The molecule has 3 aliphatic rings. The highest BCUT2D eigenvalue weighted by Crippen LogP contribution is 2.52. The van der Waals surface area contributed by atoms with E-state index in [9.17, 15) is 38.1 Å². The molecule has 46 heavy (non-hydrogen) atoms. The molecule has 0 spiro atoms. The van der Waals surface area contributed by atoms with Crippen LogP contribution in [0.15, 0.2) is 24.3 Å². The van der Waals surface area contributed by atoms with E-state index in [0.29, 0.717) is 13.1 Å². The number of phenols is 2. The standard InChI is InChI=1S/C31H35Cl2NO11S/c1-15-30(45-46(3,41)42)20(34(10-8-32)11-9-33)12-22(43-15)44-21-14-31(40,16(2)35)13-19-23(21)29(39)25-24(28(19)38)26(36)17-6-4-5-7-18(17)27(25)37/h4-7,15,20-22,30,38-40H,8-14H2,1-3H3. The number of aliphatic hydroxyl groups is 1. The summed E-state index contributed by atoms with van der Waals surface area (Å²) in [6.07, 6.45) is -4.15. The van der Waals surface area contributed by atoms with Crippen LogP contribution < -0.4 is 0 Å². The summed E-state index contributed by atoms with van der Waals surface area (Å²) in [6, 6.07) is 5.38. The zero-order valence-electron chi connectivity index (χ0n) is 25.4. The third-order valence-electron chi connectivity index (χ3n) is 8.89. The Morgan fingerprint density at radius 2 is 1.63 bits per heavy atom. The highest BCUT2D eigenvalue weighted by molar-refractivity contribution is 7.86. The maximum Gasteiger partial charge on any atom is 0.264 e. The molecule has 1 fully saturated rings. The predicted molar refractivity (Wildman–Crippen MR) is 166 cm³/mol. The highest BCUT2D eigenvalue weighted by atomic mass is 35.5. The van der Waals surface area contributed by atoms with Crippen molar-refractivity contribution >= 4 is 50.7 Å². The average Bonchev–Trinajstić information content (AvgIpc) is 2.98. The minimum absolute atomic E-state index is 0.0190. The summed E-state index contributed by atoms with van der Waals surface area (Å²) in [6.45, 7) is 3.43. The topological polar surface area (TPSA) is 177 Å². The van der Waals surface area contributed by atoms with Crippen LogP contribution >= 0.6 is 23.2 Å². The van der Waals surface area contributed by atoms with Crippen LogP contribution in [0.3, 0.4) is 0 Å². The molecule has 12 nitrogen and oxygen atoms in total.